The van der Waals surface area contributed by atoms with Crippen LogP contribution in [-0.2, 0) is 16.6 Å². The summed E-state index contributed by atoms with van der Waals surface area (Å²) in [6.07, 6.45) is 0. The fraction of sp³-hybridized carbons (Fsp3) is 0.111. The smallest absolute Gasteiger partial charge is 0.359 e. The van der Waals surface area contributed by atoms with Gasteiger partial charge in [0, 0.05) is 5.56 Å². The first kappa shape index (κ1) is 20.9. The molecule has 0 unspecified atom stereocenters. The molecule has 156 valence electrons. The average Bonchev–Trinajstić information content (AvgIpc) is 3.13. The third-order valence-corrected chi connectivity index (χ3v) is 5.29. The van der Waals surface area contributed by atoms with Crippen molar-refractivity contribution in [1.29, 1.82) is 0 Å². The normalized spacial score (nSPS) is 11.2. The Balaban J connectivity index is 1.84. The third kappa shape index (κ3) is 4.60. The molecule has 0 atom stereocenters. The molecule has 10 nitrogen and oxygen atoms in total. The van der Waals surface area contributed by atoms with Crippen molar-refractivity contribution in [2.75, 3.05) is 10.5 Å². The molecule has 12 heteroatoms. The molecule has 3 aromatic rings. The van der Waals surface area contributed by atoms with Gasteiger partial charge in [0.1, 0.15) is 5.82 Å². The molecule has 2 aromatic carbocycles. The van der Waals surface area contributed by atoms with Crippen molar-refractivity contribution in [1.82, 2.24) is 15.0 Å². The Morgan fingerprint density at radius 3 is 2.40 bits per heavy atom. The lowest BCUT2D eigenvalue weighted by molar-refractivity contribution is 0.0640. The Morgan fingerprint density at radius 1 is 1.07 bits per heavy atom. The summed E-state index contributed by atoms with van der Waals surface area (Å²) in [4.78, 5) is 22.3. The molecule has 3 rings (SSSR count). The van der Waals surface area contributed by atoms with Crippen LogP contribution in [0.1, 0.15) is 21.0 Å². The Morgan fingerprint density at radius 2 is 1.77 bits per heavy atom. The number of aromatic carboxylic acids is 2. The first-order chi connectivity index (χ1) is 14.2. The van der Waals surface area contributed by atoms with Crippen molar-refractivity contribution in [3.63, 3.8) is 0 Å². The van der Waals surface area contributed by atoms with E-state index in [1.54, 1.807) is 30.3 Å². The van der Waals surface area contributed by atoms with Crippen LogP contribution in [0.25, 0.3) is 11.1 Å². The quantitative estimate of drug-likeness (QED) is 0.486. The maximum absolute atomic E-state index is 13.7. The van der Waals surface area contributed by atoms with Crippen LogP contribution in [0, 0.1) is 5.82 Å². The number of carboxylic acid groups (broad SMARTS) is 2. The number of aryl methyl sites for hydroxylation is 1. The molecule has 1 heterocycles. The van der Waals surface area contributed by atoms with E-state index in [-0.39, 0.29) is 5.69 Å². The first-order valence-electron chi connectivity index (χ1n) is 8.43. The van der Waals surface area contributed by atoms with Gasteiger partial charge in [0.15, 0.2) is 5.69 Å². The number of hydrogen-bond donors (Lipinski definition) is 3. The Labute approximate surface area is 169 Å². The van der Waals surface area contributed by atoms with E-state index in [2.05, 4.69) is 15.0 Å². The number of hydrogen-bond acceptors (Lipinski definition) is 6. The molecule has 1 aromatic heterocycles. The van der Waals surface area contributed by atoms with E-state index in [1.165, 1.54) is 12.1 Å². The van der Waals surface area contributed by atoms with Crippen LogP contribution >= 0.6 is 0 Å². The monoisotopic (exact) mass is 434 g/mol. The van der Waals surface area contributed by atoms with Crippen LogP contribution in [0.4, 0.5) is 10.1 Å². The molecule has 0 bridgehead atoms. The van der Waals surface area contributed by atoms with Crippen molar-refractivity contribution in [3.05, 3.63) is 65.7 Å². The van der Waals surface area contributed by atoms with Crippen molar-refractivity contribution < 1.29 is 32.6 Å². The highest BCUT2D eigenvalue weighted by molar-refractivity contribution is 7.92. The number of carbonyl (C=O) groups is 2. The highest BCUT2D eigenvalue weighted by atomic mass is 32.2. The van der Waals surface area contributed by atoms with E-state index in [4.69, 9.17) is 5.11 Å². The second-order valence-corrected chi connectivity index (χ2v) is 7.94. The van der Waals surface area contributed by atoms with E-state index < -0.39 is 51.5 Å². The molecular formula is C18H15FN4O6S. The molecule has 30 heavy (non-hydrogen) atoms. The minimum atomic E-state index is -4.03. The first-order valence-corrected chi connectivity index (χ1v) is 10.1. The Kier molecular flexibility index (Phi) is 5.78. The molecule has 3 N–H and O–H groups in total. The van der Waals surface area contributed by atoms with Gasteiger partial charge < -0.3 is 10.2 Å². The minimum Gasteiger partial charge on any atom is -0.476 e. The molecule has 0 radical (unpaired) electrons. The zero-order chi connectivity index (χ0) is 21.9. The van der Waals surface area contributed by atoms with E-state index >= 15 is 0 Å². The second-order valence-electron chi connectivity index (χ2n) is 6.10. The number of aromatic nitrogens is 3. The molecule has 0 spiro atoms. The molecule has 0 aliphatic carbocycles. The summed E-state index contributed by atoms with van der Waals surface area (Å²) in [6, 6.07) is 12.1. The number of rotatable bonds is 8. The topological polar surface area (TPSA) is 151 Å². The van der Waals surface area contributed by atoms with Crippen molar-refractivity contribution >= 4 is 27.6 Å². The van der Waals surface area contributed by atoms with Gasteiger partial charge in [-0.05, 0) is 23.8 Å². The predicted molar refractivity (Wildman–Crippen MR) is 103 cm³/mol. The lowest BCUT2D eigenvalue weighted by Gasteiger charge is -2.13. The van der Waals surface area contributed by atoms with E-state index in [9.17, 15) is 27.5 Å². The molecule has 0 saturated carbocycles. The summed E-state index contributed by atoms with van der Waals surface area (Å²) in [7, 11) is -4.03. The maximum Gasteiger partial charge on any atom is 0.359 e. The van der Waals surface area contributed by atoms with E-state index in [1.807, 2.05) is 0 Å². The van der Waals surface area contributed by atoms with Crippen molar-refractivity contribution in [2.24, 2.45) is 0 Å². The number of anilines is 1. The fourth-order valence-corrected chi connectivity index (χ4v) is 3.74. The number of nitrogens with one attached hydrogen (secondary N) is 1. The number of benzene rings is 2. The van der Waals surface area contributed by atoms with Crippen LogP contribution in [0.15, 0.2) is 48.5 Å². The van der Waals surface area contributed by atoms with Crippen LogP contribution < -0.4 is 4.72 Å². The summed E-state index contributed by atoms with van der Waals surface area (Å²) in [5.41, 5.74) is -0.488. The van der Waals surface area contributed by atoms with Crippen LogP contribution in [0.5, 0.6) is 0 Å². The number of halogens is 1. The zero-order valence-electron chi connectivity index (χ0n) is 15.2. The molecule has 0 saturated heterocycles. The van der Waals surface area contributed by atoms with Gasteiger partial charge >= 0.3 is 11.9 Å². The third-order valence-electron chi connectivity index (χ3n) is 4.04. The lowest BCUT2D eigenvalue weighted by atomic mass is 10.0. The number of nitrogens with zero attached hydrogens (tertiary/aromatic N) is 3. The van der Waals surface area contributed by atoms with Crippen LogP contribution in [0.3, 0.4) is 0 Å². The average molecular weight is 434 g/mol. The summed E-state index contributed by atoms with van der Waals surface area (Å²) >= 11 is 0. The molecule has 0 amide bonds. The van der Waals surface area contributed by atoms with Gasteiger partial charge in [-0.2, -0.15) is 0 Å². The standard InChI is InChI=1S/C18H15FN4O6S/c19-12-6-7-14(13(10-12)11-4-2-1-3-5-11)21-30(28,29)9-8-23-16(18(26)27)15(17(24)25)20-22-23/h1-7,10,21H,8-9H2,(H,24,25)(H,26,27). The van der Waals surface area contributed by atoms with Crippen molar-refractivity contribution in [2.45, 2.75) is 6.54 Å². The van der Waals surface area contributed by atoms with Crippen molar-refractivity contribution in [3.8, 4) is 11.1 Å². The number of sulfonamides is 1. The van der Waals surface area contributed by atoms with Gasteiger partial charge in [0.2, 0.25) is 15.7 Å². The lowest BCUT2D eigenvalue weighted by Crippen LogP contribution is -2.23. The summed E-state index contributed by atoms with van der Waals surface area (Å²) in [5, 5.41) is 24.8. The highest BCUT2D eigenvalue weighted by Gasteiger charge is 2.25. The largest absolute Gasteiger partial charge is 0.476 e. The fourth-order valence-electron chi connectivity index (χ4n) is 2.71. The van der Waals surface area contributed by atoms with E-state index in [0.717, 1.165) is 6.07 Å². The summed E-state index contributed by atoms with van der Waals surface area (Å²) < 4.78 is 41.8. The maximum atomic E-state index is 13.7. The van der Waals surface area contributed by atoms with Gasteiger partial charge in [-0.1, -0.05) is 35.5 Å². The van der Waals surface area contributed by atoms with Gasteiger partial charge in [0.05, 0.1) is 18.0 Å². The minimum absolute atomic E-state index is 0.130. The summed E-state index contributed by atoms with van der Waals surface area (Å²) in [5.74, 6) is -4.38. The SMILES string of the molecule is O=C(O)c1nnn(CCS(=O)(=O)Nc2ccc(F)cc2-c2ccccc2)c1C(=O)O. The molecule has 0 aliphatic heterocycles. The van der Waals surface area contributed by atoms with Crippen LogP contribution in [-0.4, -0.2) is 51.3 Å². The Hall–Kier alpha value is -3.80. The predicted octanol–water partition coefficient (Wildman–Crippen LogP) is 1.92. The highest BCUT2D eigenvalue weighted by Crippen LogP contribution is 2.29. The van der Waals surface area contributed by atoms with Gasteiger partial charge in [-0.25, -0.2) is 27.1 Å². The molecular weight excluding hydrogens is 419 g/mol. The molecule has 0 fully saturated rings. The van der Waals surface area contributed by atoms with Gasteiger partial charge in [0.25, 0.3) is 0 Å². The summed E-state index contributed by atoms with van der Waals surface area (Å²) in [6.45, 7) is -0.459. The number of carboxylic acids is 2. The second kappa shape index (κ2) is 8.29. The van der Waals surface area contributed by atoms with Gasteiger partial charge in [-0.15, -0.1) is 5.10 Å². The Bertz CT molecular complexity index is 1210. The molecule has 0 aliphatic rings. The zero-order valence-corrected chi connectivity index (χ0v) is 16.0. The van der Waals surface area contributed by atoms with Crippen LogP contribution in [0.2, 0.25) is 0 Å². The van der Waals surface area contributed by atoms with E-state index in [0.29, 0.717) is 15.8 Å². The van der Waals surface area contributed by atoms with Gasteiger partial charge in [-0.3, -0.25) is 4.72 Å².